The second-order valence-corrected chi connectivity index (χ2v) is 7.10. The highest BCUT2D eigenvalue weighted by Gasteiger charge is 2.08. The number of hydrogen-bond acceptors (Lipinski definition) is 4. The highest BCUT2D eigenvalue weighted by Crippen LogP contribution is 2.20. The minimum absolute atomic E-state index is 0.667. The number of aryl methyl sites for hydroxylation is 3. The van der Waals surface area contributed by atoms with Crippen molar-refractivity contribution in [3.8, 4) is 22.8 Å². The SMILES string of the molecule is Cc1ccc(-c2cc(C)cc(Cc3cccc(-c4cccc(C)n4)n3)n2)nc1. The number of rotatable bonds is 4. The fraction of sp³-hybridized carbons (Fsp3) is 0.167. The van der Waals surface area contributed by atoms with Gasteiger partial charge in [0, 0.05) is 29.7 Å². The number of aromatic nitrogens is 4. The third-order valence-corrected chi connectivity index (χ3v) is 4.52. The molecule has 0 aromatic carbocycles. The Balaban J connectivity index is 1.64. The van der Waals surface area contributed by atoms with E-state index in [2.05, 4.69) is 35.1 Å². The Morgan fingerprint density at radius 3 is 2.11 bits per heavy atom. The van der Waals surface area contributed by atoms with Crippen LogP contribution in [-0.2, 0) is 6.42 Å². The van der Waals surface area contributed by atoms with Crippen molar-refractivity contribution in [3.05, 3.63) is 95.1 Å². The van der Waals surface area contributed by atoms with Crippen LogP contribution in [0.2, 0.25) is 0 Å². The first-order chi connectivity index (χ1) is 13.6. The Hall–Kier alpha value is -3.40. The summed E-state index contributed by atoms with van der Waals surface area (Å²) >= 11 is 0. The lowest BCUT2D eigenvalue weighted by molar-refractivity contribution is 1.00. The molecule has 28 heavy (non-hydrogen) atoms. The number of pyridine rings is 4. The second-order valence-electron chi connectivity index (χ2n) is 7.10. The first-order valence-electron chi connectivity index (χ1n) is 9.37. The zero-order valence-corrected chi connectivity index (χ0v) is 16.3. The summed E-state index contributed by atoms with van der Waals surface area (Å²) in [5, 5.41) is 0. The van der Waals surface area contributed by atoms with Crippen LogP contribution >= 0.6 is 0 Å². The maximum Gasteiger partial charge on any atom is 0.0892 e. The topological polar surface area (TPSA) is 51.6 Å². The van der Waals surface area contributed by atoms with E-state index in [4.69, 9.17) is 9.97 Å². The summed E-state index contributed by atoms with van der Waals surface area (Å²) in [7, 11) is 0. The van der Waals surface area contributed by atoms with E-state index in [9.17, 15) is 0 Å². The molecule has 0 bridgehead atoms. The van der Waals surface area contributed by atoms with Crippen molar-refractivity contribution in [2.45, 2.75) is 27.2 Å². The summed E-state index contributed by atoms with van der Waals surface area (Å²) < 4.78 is 0. The Morgan fingerprint density at radius 2 is 1.36 bits per heavy atom. The van der Waals surface area contributed by atoms with Crippen molar-refractivity contribution in [2.75, 3.05) is 0 Å². The minimum atomic E-state index is 0.667. The standard InChI is InChI=1S/C24H22N4/c1-16-10-11-21(25-15-16)24-13-17(2)12-20(28-24)14-19-7-5-9-23(27-19)22-8-4-6-18(3)26-22/h4-13,15H,14H2,1-3H3. The third-order valence-electron chi connectivity index (χ3n) is 4.52. The van der Waals surface area contributed by atoms with Crippen molar-refractivity contribution >= 4 is 0 Å². The predicted octanol–water partition coefficient (Wildman–Crippen LogP) is 5.12. The normalized spacial score (nSPS) is 10.8. The van der Waals surface area contributed by atoms with Crippen LogP contribution in [0.25, 0.3) is 22.8 Å². The van der Waals surface area contributed by atoms with Gasteiger partial charge in [0.2, 0.25) is 0 Å². The summed E-state index contributed by atoms with van der Waals surface area (Å²) in [6, 6.07) is 20.3. The third kappa shape index (κ3) is 4.12. The van der Waals surface area contributed by atoms with Gasteiger partial charge in [-0.1, -0.05) is 18.2 Å². The molecule has 0 saturated heterocycles. The average molecular weight is 366 g/mol. The van der Waals surface area contributed by atoms with Crippen LogP contribution in [0, 0.1) is 20.8 Å². The summed E-state index contributed by atoms with van der Waals surface area (Å²) in [4.78, 5) is 18.7. The van der Waals surface area contributed by atoms with Gasteiger partial charge in [0.1, 0.15) is 0 Å². The highest BCUT2D eigenvalue weighted by atomic mass is 14.8. The van der Waals surface area contributed by atoms with E-state index in [0.29, 0.717) is 6.42 Å². The van der Waals surface area contributed by atoms with Crippen LogP contribution in [0.1, 0.15) is 28.2 Å². The summed E-state index contributed by atoms with van der Waals surface area (Å²) in [6.07, 6.45) is 2.54. The van der Waals surface area contributed by atoms with Crippen LogP contribution in [0.15, 0.2) is 66.9 Å². The van der Waals surface area contributed by atoms with Crippen LogP contribution in [0.5, 0.6) is 0 Å². The number of hydrogen-bond donors (Lipinski definition) is 0. The Morgan fingerprint density at radius 1 is 0.607 bits per heavy atom. The lowest BCUT2D eigenvalue weighted by Gasteiger charge is -2.08. The van der Waals surface area contributed by atoms with E-state index in [1.54, 1.807) is 0 Å². The van der Waals surface area contributed by atoms with E-state index in [0.717, 1.165) is 45.4 Å². The van der Waals surface area contributed by atoms with Gasteiger partial charge < -0.3 is 0 Å². The minimum Gasteiger partial charge on any atom is -0.254 e. The zero-order chi connectivity index (χ0) is 19.5. The average Bonchev–Trinajstić information content (AvgIpc) is 2.68. The van der Waals surface area contributed by atoms with Crippen molar-refractivity contribution in [1.29, 1.82) is 0 Å². The van der Waals surface area contributed by atoms with Crippen molar-refractivity contribution in [3.63, 3.8) is 0 Å². The molecule has 138 valence electrons. The van der Waals surface area contributed by atoms with Gasteiger partial charge in [0.25, 0.3) is 0 Å². The molecule has 4 aromatic heterocycles. The smallest absolute Gasteiger partial charge is 0.0892 e. The molecule has 0 aliphatic rings. The Kier molecular flexibility index (Phi) is 4.94. The first-order valence-corrected chi connectivity index (χ1v) is 9.37. The van der Waals surface area contributed by atoms with Gasteiger partial charge in [-0.15, -0.1) is 0 Å². The lowest BCUT2D eigenvalue weighted by Crippen LogP contribution is -2.00. The van der Waals surface area contributed by atoms with E-state index in [-0.39, 0.29) is 0 Å². The van der Waals surface area contributed by atoms with Gasteiger partial charge in [-0.3, -0.25) is 19.9 Å². The lowest BCUT2D eigenvalue weighted by atomic mass is 10.1. The van der Waals surface area contributed by atoms with Gasteiger partial charge >= 0.3 is 0 Å². The molecule has 4 heterocycles. The van der Waals surface area contributed by atoms with E-state index in [1.165, 1.54) is 5.56 Å². The first kappa shape index (κ1) is 18.0. The molecule has 4 rings (SSSR count). The Bertz CT molecular complexity index is 1120. The monoisotopic (exact) mass is 366 g/mol. The maximum absolute atomic E-state index is 4.83. The Labute approximate surface area is 165 Å². The quantitative estimate of drug-likeness (QED) is 0.503. The molecule has 0 aliphatic carbocycles. The van der Waals surface area contributed by atoms with Crippen molar-refractivity contribution in [2.24, 2.45) is 0 Å². The molecule has 0 unspecified atom stereocenters. The van der Waals surface area contributed by atoms with E-state index < -0.39 is 0 Å². The van der Waals surface area contributed by atoms with Gasteiger partial charge in [0.05, 0.1) is 22.8 Å². The van der Waals surface area contributed by atoms with Crippen molar-refractivity contribution < 1.29 is 0 Å². The molecule has 0 saturated carbocycles. The molecule has 4 nitrogen and oxygen atoms in total. The molecule has 4 heteroatoms. The summed E-state index contributed by atoms with van der Waals surface area (Å²) in [5.74, 6) is 0. The molecule has 0 fully saturated rings. The largest absolute Gasteiger partial charge is 0.254 e. The van der Waals surface area contributed by atoms with Crippen LogP contribution in [-0.4, -0.2) is 19.9 Å². The molecule has 0 radical (unpaired) electrons. The molecular weight excluding hydrogens is 344 g/mol. The fourth-order valence-electron chi connectivity index (χ4n) is 3.17. The molecular formula is C24H22N4. The summed E-state index contributed by atoms with van der Waals surface area (Å²) in [5.41, 5.74) is 8.81. The van der Waals surface area contributed by atoms with Gasteiger partial charge in [0.15, 0.2) is 0 Å². The highest BCUT2D eigenvalue weighted by molar-refractivity contribution is 5.56. The van der Waals surface area contributed by atoms with Crippen LogP contribution in [0.3, 0.4) is 0 Å². The van der Waals surface area contributed by atoms with Gasteiger partial charge in [-0.2, -0.15) is 0 Å². The zero-order valence-electron chi connectivity index (χ0n) is 16.3. The molecule has 0 N–H and O–H groups in total. The van der Waals surface area contributed by atoms with Crippen molar-refractivity contribution in [1.82, 2.24) is 19.9 Å². The number of nitrogens with zero attached hydrogens (tertiary/aromatic N) is 4. The molecule has 0 aliphatic heterocycles. The summed E-state index contributed by atoms with van der Waals surface area (Å²) in [6.45, 7) is 6.11. The molecule has 0 spiro atoms. The molecule has 0 amide bonds. The fourth-order valence-corrected chi connectivity index (χ4v) is 3.17. The predicted molar refractivity (Wildman–Crippen MR) is 112 cm³/mol. The molecule has 0 atom stereocenters. The van der Waals surface area contributed by atoms with E-state index >= 15 is 0 Å². The van der Waals surface area contributed by atoms with Gasteiger partial charge in [-0.05, 0) is 74.4 Å². The second kappa shape index (κ2) is 7.69. The van der Waals surface area contributed by atoms with E-state index in [1.807, 2.05) is 62.5 Å². The van der Waals surface area contributed by atoms with Crippen LogP contribution in [0.4, 0.5) is 0 Å². The van der Waals surface area contributed by atoms with Gasteiger partial charge in [-0.25, -0.2) is 0 Å². The maximum atomic E-state index is 4.83. The molecule has 4 aromatic rings. The van der Waals surface area contributed by atoms with Crippen LogP contribution < -0.4 is 0 Å².